The molecule has 1 aromatic carbocycles. The molecule has 5 N–H and O–H groups in total. The molecule has 2 aromatic rings. The molecule has 0 saturated heterocycles. The van der Waals surface area contributed by atoms with Crippen LogP contribution in [0.4, 0.5) is 11.5 Å². The van der Waals surface area contributed by atoms with E-state index in [4.69, 9.17) is 0 Å². The summed E-state index contributed by atoms with van der Waals surface area (Å²) in [7, 11) is 0. The number of fused-ring (bicyclic) bond motifs is 1. The lowest BCUT2D eigenvalue weighted by Crippen LogP contribution is -3.10. The molecule has 0 bridgehead atoms. The summed E-state index contributed by atoms with van der Waals surface area (Å²) in [5.74, 6) is 2.39. The number of quaternary nitrogens is 1. The molecule has 1 atom stereocenters. The van der Waals surface area contributed by atoms with Gasteiger partial charge in [0.15, 0.2) is 5.82 Å². The van der Waals surface area contributed by atoms with Gasteiger partial charge >= 0.3 is 0 Å². The zero-order chi connectivity index (χ0) is 20.4. The van der Waals surface area contributed by atoms with Crippen LogP contribution in [0.2, 0.25) is 0 Å². The number of aryl methyl sites for hydroxylation is 1. The maximum atomic E-state index is 11.2. The number of H-pyrrole nitrogens is 1. The Balaban J connectivity index is 1.54. The van der Waals surface area contributed by atoms with Gasteiger partial charge in [0.2, 0.25) is 17.6 Å². The fraction of sp³-hybridized carbons (Fsp3) is 0.211. The van der Waals surface area contributed by atoms with Crippen LogP contribution in [0.15, 0.2) is 64.1 Å². The van der Waals surface area contributed by atoms with E-state index >= 15 is 0 Å². The van der Waals surface area contributed by atoms with Crippen LogP contribution in [0.25, 0.3) is 0 Å². The first kappa shape index (κ1) is 19.2. The van der Waals surface area contributed by atoms with E-state index in [9.17, 15) is 9.90 Å². The maximum Gasteiger partial charge on any atom is 0.233 e. The van der Waals surface area contributed by atoms with E-state index in [-0.39, 0.29) is 12.5 Å². The van der Waals surface area contributed by atoms with Gasteiger partial charge in [-0.3, -0.25) is 19.5 Å². The second kappa shape index (κ2) is 8.11. The summed E-state index contributed by atoms with van der Waals surface area (Å²) in [5, 5.41) is 22.8. The molecule has 2 aliphatic heterocycles. The Morgan fingerprint density at radius 2 is 2.17 bits per heavy atom. The number of aliphatic hydroxyl groups is 1. The zero-order valence-electron chi connectivity index (χ0n) is 16.1. The highest BCUT2D eigenvalue weighted by Crippen LogP contribution is 2.26. The number of amidine groups is 1. The van der Waals surface area contributed by atoms with E-state index in [0.717, 1.165) is 38.7 Å². The van der Waals surface area contributed by atoms with Crippen LogP contribution in [0, 0.1) is 6.92 Å². The molecule has 0 spiro atoms. The Hall–Kier alpha value is -3.08. The highest BCUT2D eigenvalue weighted by molar-refractivity contribution is 7.97. The minimum absolute atomic E-state index is 0.0943. The van der Waals surface area contributed by atoms with E-state index < -0.39 is 0 Å². The Kier molecular flexibility index (Phi) is 5.38. The van der Waals surface area contributed by atoms with Gasteiger partial charge in [-0.15, -0.1) is 0 Å². The van der Waals surface area contributed by atoms with Gasteiger partial charge in [0.25, 0.3) is 0 Å². The van der Waals surface area contributed by atoms with Crippen molar-refractivity contribution >= 4 is 35.2 Å². The number of aliphatic imine (C=N–C) groups is 1. The number of aromatic amines is 1. The summed E-state index contributed by atoms with van der Waals surface area (Å²) in [6.07, 6.45) is 3.92. The van der Waals surface area contributed by atoms with Crippen LogP contribution < -0.4 is 15.5 Å². The van der Waals surface area contributed by atoms with Crippen molar-refractivity contribution in [2.24, 2.45) is 4.99 Å². The molecular weight excluding hydrogens is 390 g/mol. The topological polar surface area (TPSA) is 110 Å². The number of aromatic nitrogens is 2. The molecule has 3 heterocycles. The van der Waals surface area contributed by atoms with Crippen LogP contribution >= 0.6 is 11.9 Å². The first-order chi connectivity index (χ1) is 14.0. The maximum absolute atomic E-state index is 11.2. The van der Waals surface area contributed by atoms with Crippen molar-refractivity contribution in [2.75, 3.05) is 23.8 Å². The fourth-order valence-corrected chi connectivity index (χ4v) is 3.95. The van der Waals surface area contributed by atoms with E-state index in [1.54, 1.807) is 11.9 Å². The number of hydrogen-bond donors (Lipinski definition) is 5. The molecule has 0 radical (unpaired) electrons. The van der Waals surface area contributed by atoms with Crippen LogP contribution in [0.5, 0.6) is 0 Å². The SMILES string of the molecule is CC(=O)Nc1ccc(SN2C=C(Nc3cc(C)[nH]n3)[NH+]3C=C(CO)N=C3C2)cc1. The van der Waals surface area contributed by atoms with Gasteiger partial charge in [-0.2, -0.15) is 10.1 Å². The molecule has 0 fully saturated rings. The van der Waals surface area contributed by atoms with Gasteiger partial charge in [-0.1, -0.05) is 0 Å². The van der Waals surface area contributed by atoms with Gasteiger partial charge in [0.1, 0.15) is 18.4 Å². The molecule has 0 aliphatic carbocycles. The van der Waals surface area contributed by atoms with Crippen molar-refractivity contribution in [3.05, 3.63) is 59.9 Å². The predicted molar refractivity (Wildman–Crippen MR) is 112 cm³/mol. The first-order valence-electron chi connectivity index (χ1n) is 9.10. The lowest BCUT2D eigenvalue weighted by atomic mass is 10.3. The van der Waals surface area contributed by atoms with Crippen molar-refractivity contribution in [1.82, 2.24) is 14.5 Å². The second-order valence-corrected chi connectivity index (χ2v) is 7.86. The van der Waals surface area contributed by atoms with Gasteiger partial charge in [0.05, 0.1) is 12.8 Å². The molecule has 1 amide bonds. The number of benzene rings is 1. The van der Waals surface area contributed by atoms with Gasteiger partial charge in [-0.05, 0) is 43.1 Å². The zero-order valence-corrected chi connectivity index (χ0v) is 16.9. The van der Waals surface area contributed by atoms with E-state index in [0.29, 0.717) is 12.2 Å². The van der Waals surface area contributed by atoms with E-state index in [2.05, 4.69) is 30.1 Å². The van der Waals surface area contributed by atoms with Crippen molar-refractivity contribution in [3.8, 4) is 0 Å². The number of carbonyl (C=O) groups excluding carboxylic acids is 1. The lowest BCUT2D eigenvalue weighted by molar-refractivity contribution is -0.700. The summed E-state index contributed by atoms with van der Waals surface area (Å²) >= 11 is 1.57. The summed E-state index contributed by atoms with van der Waals surface area (Å²) in [6.45, 7) is 3.94. The minimum Gasteiger partial charge on any atom is -0.390 e. The van der Waals surface area contributed by atoms with E-state index in [1.807, 2.05) is 49.7 Å². The minimum atomic E-state index is -0.0977. The number of aliphatic hydroxyl groups excluding tert-OH is 1. The Labute approximate surface area is 172 Å². The molecule has 10 heteroatoms. The van der Waals surface area contributed by atoms with Crippen molar-refractivity contribution < 1.29 is 14.8 Å². The summed E-state index contributed by atoms with van der Waals surface area (Å²) in [4.78, 5) is 17.7. The Morgan fingerprint density at radius 3 is 2.83 bits per heavy atom. The Bertz CT molecular complexity index is 1010. The summed E-state index contributed by atoms with van der Waals surface area (Å²) < 4.78 is 2.08. The normalized spacial score (nSPS) is 18.0. The molecule has 0 saturated carbocycles. The standard InChI is InChI=1S/C19H21N7O2S/c1-12-7-17(24-23-12)22-19-10-25(9-18-21-15(11-27)8-26(18)19)29-16-5-3-14(4-6-16)20-13(2)28/h3-8,10,27H,9,11H2,1-2H3,(H,20,28)(H2,22,23,24)/p+1. The van der Waals surface area contributed by atoms with Gasteiger partial charge in [-0.25, -0.2) is 4.90 Å². The molecule has 2 aliphatic rings. The number of hydrogen-bond acceptors (Lipinski definition) is 7. The molecule has 4 rings (SSSR count). The smallest absolute Gasteiger partial charge is 0.233 e. The average molecular weight is 412 g/mol. The number of nitrogens with one attached hydrogen (secondary N) is 4. The molecular formula is C19H22N7O2S+. The molecule has 29 heavy (non-hydrogen) atoms. The van der Waals surface area contributed by atoms with Crippen molar-refractivity contribution in [3.63, 3.8) is 0 Å². The molecule has 9 nitrogen and oxygen atoms in total. The predicted octanol–water partition coefficient (Wildman–Crippen LogP) is 1.04. The third-order valence-corrected chi connectivity index (χ3v) is 5.25. The van der Waals surface area contributed by atoms with Crippen LogP contribution in [0.3, 0.4) is 0 Å². The van der Waals surface area contributed by atoms with Gasteiger partial charge < -0.3 is 10.4 Å². The van der Waals surface area contributed by atoms with Crippen LogP contribution in [-0.4, -0.2) is 44.5 Å². The third kappa shape index (κ3) is 4.50. The average Bonchev–Trinajstić information content (AvgIpc) is 3.29. The Morgan fingerprint density at radius 1 is 1.38 bits per heavy atom. The third-order valence-electron chi connectivity index (χ3n) is 4.30. The largest absolute Gasteiger partial charge is 0.390 e. The monoisotopic (exact) mass is 412 g/mol. The number of anilines is 2. The molecule has 150 valence electrons. The molecule has 1 aromatic heterocycles. The van der Waals surface area contributed by atoms with Crippen LogP contribution in [0.1, 0.15) is 12.6 Å². The number of nitrogens with zero attached hydrogens (tertiary/aromatic N) is 3. The van der Waals surface area contributed by atoms with Crippen LogP contribution in [-0.2, 0) is 4.79 Å². The lowest BCUT2D eigenvalue weighted by Gasteiger charge is -2.27. The number of rotatable bonds is 6. The fourth-order valence-electron chi connectivity index (χ4n) is 3.07. The highest BCUT2D eigenvalue weighted by Gasteiger charge is 2.34. The van der Waals surface area contributed by atoms with Gasteiger partial charge in [0, 0.05) is 29.3 Å². The van der Waals surface area contributed by atoms with Crippen molar-refractivity contribution in [1.29, 1.82) is 0 Å². The summed E-state index contributed by atoms with van der Waals surface area (Å²) in [6, 6.07) is 9.59. The number of amides is 1. The molecule has 1 unspecified atom stereocenters. The van der Waals surface area contributed by atoms with Crippen molar-refractivity contribution in [2.45, 2.75) is 18.7 Å². The number of carbonyl (C=O) groups is 1. The quantitative estimate of drug-likeness (QED) is 0.454. The first-order valence-corrected chi connectivity index (χ1v) is 9.87. The second-order valence-electron chi connectivity index (χ2n) is 6.74. The summed E-state index contributed by atoms with van der Waals surface area (Å²) in [5.41, 5.74) is 2.37. The van der Waals surface area contributed by atoms with E-state index in [1.165, 1.54) is 6.92 Å². The highest BCUT2D eigenvalue weighted by atomic mass is 32.2.